The summed E-state index contributed by atoms with van der Waals surface area (Å²) in [5, 5.41) is 4.97. The van der Waals surface area contributed by atoms with Crippen LogP contribution in [0.25, 0.3) is 0 Å². The molecule has 1 saturated heterocycles. The van der Waals surface area contributed by atoms with Crippen molar-refractivity contribution in [1.29, 1.82) is 0 Å². The van der Waals surface area contributed by atoms with Gasteiger partial charge >= 0.3 is 0 Å². The molecule has 1 N–H and O–H groups in total. The molecule has 1 nitrogen and oxygen atoms in total. The van der Waals surface area contributed by atoms with E-state index < -0.39 is 0 Å². The number of anilines is 1. The Morgan fingerprint density at radius 3 is 2.93 bits per heavy atom. The molecule has 0 aliphatic carbocycles. The molecular weight excluding hydrogens is 294 g/mol. The van der Waals surface area contributed by atoms with E-state index in [2.05, 4.69) is 28.2 Å². The summed E-state index contributed by atoms with van der Waals surface area (Å²) in [6.45, 7) is 2.27. The number of thioether (sulfide) groups is 1. The van der Waals surface area contributed by atoms with E-state index >= 15 is 0 Å². The molecule has 1 aromatic carbocycles. The topological polar surface area (TPSA) is 12.0 Å². The smallest absolute Gasteiger partial charge is 0.0648 e. The van der Waals surface area contributed by atoms with Crippen molar-refractivity contribution in [2.24, 2.45) is 0 Å². The zero-order chi connectivity index (χ0) is 10.8. The van der Waals surface area contributed by atoms with Gasteiger partial charge in [0.1, 0.15) is 0 Å². The van der Waals surface area contributed by atoms with E-state index in [4.69, 9.17) is 11.6 Å². The first kappa shape index (κ1) is 11.6. The largest absolute Gasteiger partial charge is 0.380 e. The van der Waals surface area contributed by atoms with Crippen molar-refractivity contribution in [1.82, 2.24) is 0 Å². The van der Waals surface area contributed by atoms with Crippen molar-refractivity contribution >= 4 is 45.0 Å². The highest BCUT2D eigenvalue weighted by atomic mass is 79.9. The lowest BCUT2D eigenvalue weighted by Crippen LogP contribution is -2.24. The normalized spacial score (nSPS) is 25.5. The molecule has 4 heteroatoms. The average molecular weight is 307 g/mol. The van der Waals surface area contributed by atoms with Crippen molar-refractivity contribution in [3.05, 3.63) is 27.7 Å². The molecule has 0 radical (unpaired) electrons. The number of nitrogens with one attached hydrogen (secondary N) is 1. The van der Waals surface area contributed by atoms with Gasteiger partial charge in [-0.2, -0.15) is 11.8 Å². The van der Waals surface area contributed by atoms with Gasteiger partial charge in [0.05, 0.1) is 10.7 Å². The first-order valence-electron chi connectivity index (χ1n) is 5.00. The maximum Gasteiger partial charge on any atom is 0.0648 e. The Morgan fingerprint density at radius 1 is 1.53 bits per heavy atom. The van der Waals surface area contributed by atoms with Crippen LogP contribution in [0.2, 0.25) is 5.02 Å². The molecule has 0 bridgehead atoms. The van der Waals surface area contributed by atoms with Gasteiger partial charge in [-0.05, 0) is 30.4 Å². The molecule has 2 atom stereocenters. The highest BCUT2D eigenvalue weighted by molar-refractivity contribution is 9.10. The predicted octanol–water partition coefficient (Wildman–Crippen LogP) is 4.41. The quantitative estimate of drug-likeness (QED) is 0.868. The average Bonchev–Trinajstić information content (AvgIpc) is 2.57. The summed E-state index contributed by atoms with van der Waals surface area (Å²) in [6, 6.07) is 6.52. The zero-order valence-electron chi connectivity index (χ0n) is 8.47. The van der Waals surface area contributed by atoms with Gasteiger partial charge in [-0.1, -0.05) is 34.5 Å². The van der Waals surface area contributed by atoms with Crippen LogP contribution in [0, 0.1) is 0 Å². The van der Waals surface area contributed by atoms with Crippen LogP contribution in [-0.2, 0) is 0 Å². The van der Waals surface area contributed by atoms with Gasteiger partial charge in [-0.25, -0.2) is 0 Å². The van der Waals surface area contributed by atoms with Crippen LogP contribution in [0.5, 0.6) is 0 Å². The Morgan fingerprint density at radius 2 is 2.33 bits per heavy atom. The lowest BCUT2D eigenvalue weighted by atomic mass is 10.1. The Kier molecular flexibility index (Phi) is 3.86. The maximum atomic E-state index is 6.16. The van der Waals surface area contributed by atoms with Crippen LogP contribution < -0.4 is 5.32 Å². The van der Waals surface area contributed by atoms with Gasteiger partial charge < -0.3 is 5.32 Å². The van der Waals surface area contributed by atoms with Gasteiger partial charge in [0, 0.05) is 15.8 Å². The predicted molar refractivity (Wildman–Crippen MR) is 73.1 cm³/mol. The Balaban J connectivity index is 2.10. The summed E-state index contributed by atoms with van der Waals surface area (Å²) >= 11 is 11.6. The van der Waals surface area contributed by atoms with Gasteiger partial charge in [0.15, 0.2) is 0 Å². The number of hydrogen-bond donors (Lipinski definition) is 1. The second-order valence-corrected chi connectivity index (χ2v) is 6.55. The molecule has 82 valence electrons. The monoisotopic (exact) mass is 305 g/mol. The Labute approximate surface area is 108 Å². The third kappa shape index (κ3) is 2.83. The maximum absolute atomic E-state index is 6.16. The second-order valence-electron chi connectivity index (χ2n) is 3.74. The number of halogens is 2. The van der Waals surface area contributed by atoms with Gasteiger partial charge in [0.25, 0.3) is 0 Å². The lowest BCUT2D eigenvalue weighted by Gasteiger charge is -2.18. The minimum atomic E-state index is 0.550. The molecule has 2 unspecified atom stereocenters. The minimum absolute atomic E-state index is 0.550. The molecule has 0 aromatic heterocycles. The molecule has 0 amide bonds. The Hall–Kier alpha value is 0.140. The van der Waals surface area contributed by atoms with Crippen LogP contribution in [0.1, 0.15) is 13.3 Å². The molecule has 0 spiro atoms. The SMILES string of the molecule is CC1SCCC1Nc1ccc(Br)cc1Cl. The van der Waals surface area contributed by atoms with Crippen molar-refractivity contribution in [2.75, 3.05) is 11.1 Å². The van der Waals surface area contributed by atoms with Crippen LogP contribution >= 0.6 is 39.3 Å². The minimum Gasteiger partial charge on any atom is -0.380 e. The molecule has 1 heterocycles. The third-order valence-electron chi connectivity index (χ3n) is 2.65. The number of rotatable bonds is 2. The molecule has 1 fully saturated rings. The third-order valence-corrected chi connectivity index (χ3v) is 4.78. The molecule has 1 aliphatic heterocycles. The van der Waals surface area contributed by atoms with E-state index in [0.29, 0.717) is 11.3 Å². The first-order valence-corrected chi connectivity index (χ1v) is 7.22. The Bertz CT molecular complexity index is 358. The van der Waals surface area contributed by atoms with E-state index in [-0.39, 0.29) is 0 Å². The van der Waals surface area contributed by atoms with Gasteiger partial charge in [-0.15, -0.1) is 0 Å². The molecule has 0 saturated carbocycles. The fourth-order valence-corrected chi connectivity index (χ4v) is 3.65. The summed E-state index contributed by atoms with van der Waals surface area (Å²) in [6.07, 6.45) is 1.22. The molecule has 2 rings (SSSR count). The van der Waals surface area contributed by atoms with E-state index in [1.54, 1.807) is 0 Å². The summed E-state index contributed by atoms with van der Waals surface area (Å²) in [7, 11) is 0. The summed E-state index contributed by atoms with van der Waals surface area (Å²) in [5.74, 6) is 1.24. The molecule has 15 heavy (non-hydrogen) atoms. The summed E-state index contributed by atoms with van der Waals surface area (Å²) in [5.41, 5.74) is 1.04. The fraction of sp³-hybridized carbons (Fsp3) is 0.455. The summed E-state index contributed by atoms with van der Waals surface area (Å²) < 4.78 is 1.02. The van der Waals surface area contributed by atoms with E-state index in [1.807, 2.05) is 30.0 Å². The second kappa shape index (κ2) is 4.98. The van der Waals surface area contributed by atoms with Crippen molar-refractivity contribution in [2.45, 2.75) is 24.6 Å². The van der Waals surface area contributed by atoms with E-state index in [9.17, 15) is 0 Å². The van der Waals surface area contributed by atoms with Crippen LogP contribution in [-0.4, -0.2) is 17.0 Å². The first-order chi connectivity index (χ1) is 7.16. The molecule has 1 aliphatic rings. The van der Waals surface area contributed by atoms with Crippen molar-refractivity contribution in [3.8, 4) is 0 Å². The fourth-order valence-electron chi connectivity index (χ4n) is 1.73. The highest BCUT2D eigenvalue weighted by Crippen LogP contribution is 2.32. The zero-order valence-corrected chi connectivity index (χ0v) is 11.6. The molecular formula is C11H13BrClNS. The molecule has 1 aromatic rings. The lowest BCUT2D eigenvalue weighted by molar-refractivity contribution is 0.724. The standard InChI is InChI=1S/C11H13BrClNS/c1-7-10(4-5-15-7)14-11-3-2-8(12)6-9(11)13/h2-3,6-7,10,14H,4-5H2,1H3. The van der Waals surface area contributed by atoms with Crippen molar-refractivity contribution < 1.29 is 0 Å². The van der Waals surface area contributed by atoms with Gasteiger partial charge in [-0.3, -0.25) is 0 Å². The van der Waals surface area contributed by atoms with E-state index in [1.165, 1.54) is 12.2 Å². The van der Waals surface area contributed by atoms with Crippen LogP contribution in [0.15, 0.2) is 22.7 Å². The van der Waals surface area contributed by atoms with Crippen molar-refractivity contribution in [3.63, 3.8) is 0 Å². The number of hydrogen-bond acceptors (Lipinski definition) is 2. The highest BCUT2D eigenvalue weighted by Gasteiger charge is 2.24. The van der Waals surface area contributed by atoms with Crippen LogP contribution in [0.4, 0.5) is 5.69 Å². The van der Waals surface area contributed by atoms with Gasteiger partial charge in [0.2, 0.25) is 0 Å². The van der Waals surface area contributed by atoms with E-state index in [0.717, 1.165) is 15.2 Å². The summed E-state index contributed by atoms with van der Waals surface area (Å²) in [4.78, 5) is 0. The number of benzene rings is 1. The van der Waals surface area contributed by atoms with Crippen LogP contribution in [0.3, 0.4) is 0 Å².